The average molecular weight is 178 g/mol. The summed E-state index contributed by atoms with van der Waals surface area (Å²) < 4.78 is 0. The zero-order chi connectivity index (χ0) is 9.19. The van der Waals surface area contributed by atoms with Crippen LogP contribution in [0.2, 0.25) is 0 Å². The topological polar surface area (TPSA) is 0 Å². The minimum absolute atomic E-state index is 1.27. The van der Waals surface area contributed by atoms with Crippen LogP contribution in [0.1, 0.15) is 57.8 Å². The van der Waals surface area contributed by atoms with E-state index in [0.29, 0.717) is 0 Å². The van der Waals surface area contributed by atoms with E-state index in [1.165, 1.54) is 57.8 Å². The Morgan fingerprint density at radius 2 is 0.769 bits per heavy atom. The molecule has 1 aliphatic carbocycles. The lowest BCUT2D eigenvalue weighted by molar-refractivity contribution is 0.652. The maximum Gasteiger partial charge on any atom is -0.0348 e. The van der Waals surface area contributed by atoms with Crippen LogP contribution in [0.4, 0.5) is 0 Å². The van der Waals surface area contributed by atoms with Crippen molar-refractivity contribution in [1.82, 2.24) is 0 Å². The summed E-state index contributed by atoms with van der Waals surface area (Å²) in [6, 6.07) is 0. The summed E-state index contributed by atoms with van der Waals surface area (Å²) >= 11 is 0. The van der Waals surface area contributed by atoms with Gasteiger partial charge in [0.05, 0.1) is 0 Å². The van der Waals surface area contributed by atoms with Gasteiger partial charge in [0.1, 0.15) is 0 Å². The smallest absolute Gasteiger partial charge is 0.0348 e. The van der Waals surface area contributed by atoms with E-state index in [4.69, 9.17) is 0 Å². The van der Waals surface area contributed by atoms with Gasteiger partial charge in [0.25, 0.3) is 0 Å². The van der Waals surface area contributed by atoms with E-state index in [-0.39, 0.29) is 0 Å². The molecule has 0 N–H and O–H groups in total. The van der Waals surface area contributed by atoms with Gasteiger partial charge in [-0.15, -0.1) is 0 Å². The summed E-state index contributed by atoms with van der Waals surface area (Å²) in [4.78, 5) is 0. The molecule has 0 aliphatic heterocycles. The molecule has 1 aliphatic rings. The van der Waals surface area contributed by atoms with Gasteiger partial charge >= 0.3 is 0 Å². The highest BCUT2D eigenvalue weighted by atomic mass is 14.0. The molecule has 1 rings (SSSR count). The molecule has 0 fully saturated rings. The molecule has 0 spiro atoms. The first-order valence-corrected chi connectivity index (χ1v) is 5.80. The van der Waals surface area contributed by atoms with Crippen LogP contribution in [0.25, 0.3) is 0 Å². The molecule has 0 atom stereocenters. The van der Waals surface area contributed by atoms with E-state index >= 15 is 0 Å². The molecule has 0 radical (unpaired) electrons. The van der Waals surface area contributed by atoms with Crippen molar-refractivity contribution >= 4 is 0 Å². The van der Waals surface area contributed by atoms with Crippen molar-refractivity contribution in [1.29, 1.82) is 0 Å². The monoisotopic (exact) mass is 178 g/mol. The molecule has 0 amide bonds. The molecule has 0 aromatic rings. The summed E-state index contributed by atoms with van der Waals surface area (Å²) in [5, 5.41) is 0. The predicted molar refractivity (Wildman–Crippen MR) is 59.8 cm³/mol. The highest BCUT2D eigenvalue weighted by Crippen LogP contribution is 2.09. The van der Waals surface area contributed by atoms with E-state index in [1.54, 1.807) is 0 Å². The molecule has 0 saturated heterocycles. The van der Waals surface area contributed by atoms with E-state index < -0.39 is 0 Å². The zero-order valence-corrected chi connectivity index (χ0v) is 8.67. The van der Waals surface area contributed by atoms with Gasteiger partial charge in [0.15, 0.2) is 0 Å². The Bertz CT molecular complexity index is 135. The summed E-state index contributed by atoms with van der Waals surface area (Å²) in [6.07, 6.45) is 21.5. The molecule has 13 heavy (non-hydrogen) atoms. The Balaban J connectivity index is 2.18. The Labute approximate surface area is 82.7 Å². The van der Waals surface area contributed by atoms with Crippen LogP contribution in [0.5, 0.6) is 0 Å². The number of allylic oxidation sites excluding steroid dienone is 4. The third kappa shape index (κ3) is 6.62. The Morgan fingerprint density at radius 3 is 1.23 bits per heavy atom. The van der Waals surface area contributed by atoms with Crippen molar-refractivity contribution in [3.8, 4) is 0 Å². The Morgan fingerprint density at radius 1 is 0.385 bits per heavy atom. The fourth-order valence-corrected chi connectivity index (χ4v) is 1.70. The zero-order valence-electron chi connectivity index (χ0n) is 8.67. The minimum Gasteiger partial charge on any atom is -0.0885 e. The van der Waals surface area contributed by atoms with Crippen molar-refractivity contribution < 1.29 is 0 Å². The predicted octanol–water partition coefficient (Wildman–Crippen LogP) is 4.62. The van der Waals surface area contributed by atoms with Crippen LogP contribution in [-0.2, 0) is 0 Å². The summed E-state index contributed by atoms with van der Waals surface area (Å²) in [6.45, 7) is 0. The van der Waals surface area contributed by atoms with Gasteiger partial charge in [-0.3, -0.25) is 0 Å². The maximum absolute atomic E-state index is 2.36. The van der Waals surface area contributed by atoms with Crippen LogP contribution in [0.3, 0.4) is 0 Å². The van der Waals surface area contributed by atoms with Gasteiger partial charge in [-0.2, -0.15) is 0 Å². The lowest BCUT2D eigenvalue weighted by Crippen LogP contribution is -1.76. The Kier molecular flexibility index (Phi) is 6.58. The first-order chi connectivity index (χ1) is 6.50. The molecule has 0 aromatic heterocycles. The van der Waals surface area contributed by atoms with E-state index in [1.807, 2.05) is 0 Å². The van der Waals surface area contributed by atoms with Gasteiger partial charge in [0, 0.05) is 0 Å². The molecule has 0 aromatic carbocycles. The molecule has 0 unspecified atom stereocenters. The van der Waals surface area contributed by atoms with Crippen molar-refractivity contribution in [2.75, 3.05) is 0 Å². The second kappa shape index (κ2) is 8.10. The third-order valence-corrected chi connectivity index (χ3v) is 2.57. The normalized spacial score (nSPS) is 26.5. The van der Waals surface area contributed by atoms with Crippen LogP contribution in [-0.4, -0.2) is 0 Å². The molecular weight excluding hydrogens is 156 g/mol. The second-order valence-electron chi connectivity index (χ2n) is 3.87. The van der Waals surface area contributed by atoms with Crippen molar-refractivity contribution in [3.63, 3.8) is 0 Å². The molecule has 0 heterocycles. The van der Waals surface area contributed by atoms with Crippen LogP contribution in [0, 0.1) is 0 Å². The second-order valence-corrected chi connectivity index (χ2v) is 3.87. The highest BCUT2D eigenvalue weighted by molar-refractivity contribution is 4.86. The molecule has 0 heteroatoms. The van der Waals surface area contributed by atoms with Crippen molar-refractivity contribution in [3.05, 3.63) is 24.3 Å². The third-order valence-electron chi connectivity index (χ3n) is 2.57. The maximum atomic E-state index is 2.36. The molecule has 74 valence electrons. The van der Waals surface area contributed by atoms with Crippen LogP contribution >= 0.6 is 0 Å². The first-order valence-electron chi connectivity index (χ1n) is 5.80. The quantitative estimate of drug-likeness (QED) is 0.475. The average Bonchev–Trinajstić information content (AvgIpc) is 2.18. The summed E-state index contributed by atoms with van der Waals surface area (Å²) in [5.74, 6) is 0. The SMILES string of the molecule is C1=C\CCCCCC/C=C/CCC/1. The summed E-state index contributed by atoms with van der Waals surface area (Å²) in [7, 11) is 0. The van der Waals surface area contributed by atoms with Gasteiger partial charge in [-0.1, -0.05) is 37.1 Å². The molecule has 0 nitrogen and oxygen atoms in total. The number of hydrogen-bond donors (Lipinski definition) is 0. The van der Waals surface area contributed by atoms with Gasteiger partial charge in [-0.25, -0.2) is 0 Å². The largest absolute Gasteiger partial charge is 0.0885 e. The lowest BCUT2D eigenvalue weighted by Gasteiger charge is -1.95. The molecule has 0 bridgehead atoms. The van der Waals surface area contributed by atoms with Crippen LogP contribution < -0.4 is 0 Å². The standard InChI is InChI=1S/C13H22/c1-2-4-6-8-10-12-13-11-9-7-5-3-1/h1-2,9,11H,3-8,10,12-13H2/b2-1-,11-9+. The van der Waals surface area contributed by atoms with E-state index in [2.05, 4.69) is 24.3 Å². The van der Waals surface area contributed by atoms with Gasteiger partial charge in [0.2, 0.25) is 0 Å². The fraction of sp³-hybridized carbons (Fsp3) is 0.692. The van der Waals surface area contributed by atoms with Gasteiger partial charge < -0.3 is 0 Å². The fourth-order valence-electron chi connectivity index (χ4n) is 1.70. The van der Waals surface area contributed by atoms with E-state index in [9.17, 15) is 0 Å². The Hall–Kier alpha value is -0.520. The van der Waals surface area contributed by atoms with E-state index in [0.717, 1.165) is 0 Å². The van der Waals surface area contributed by atoms with Crippen LogP contribution in [0.15, 0.2) is 24.3 Å². The minimum atomic E-state index is 1.27. The van der Waals surface area contributed by atoms with Crippen molar-refractivity contribution in [2.24, 2.45) is 0 Å². The molecular formula is C13H22. The number of rotatable bonds is 0. The molecule has 0 saturated carbocycles. The first kappa shape index (κ1) is 10.6. The summed E-state index contributed by atoms with van der Waals surface area (Å²) in [5.41, 5.74) is 0. The lowest BCUT2D eigenvalue weighted by atomic mass is 10.1. The van der Waals surface area contributed by atoms with Gasteiger partial charge in [-0.05, 0) is 44.9 Å². The van der Waals surface area contributed by atoms with Crippen molar-refractivity contribution in [2.45, 2.75) is 57.8 Å². The highest BCUT2D eigenvalue weighted by Gasteiger charge is 1.89. The number of hydrogen-bond acceptors (Lipinski definition) is 0.